The standard InChI is InChI=1S/C17H14ClFN2O5S/c18-13-5-9-15(10-6-13)27(25,26)20-16(22)21(17(23)24)11-1-2-12-3-7-14(19)8-4-12/h1-10H,11H2,(H,20,22)(H,23,24). The smallest absolute Gasteiger partial charge is 0.415 e. The van der Waals surface area contributed by atoms with Crippen molar-refractivity contribution in [1.29, 1.82) is 0 Å². The van der Waals surface area contributed by atoms with Crippen LogP contribution in [0.4, 0.5) is 14.0 Å². The summed E-state index contributed by atoms with van der Waals surface area (Å²) in [7, 11) is -4.27. The van der Waals surface area contributed by atoms with E-state index < -0.39 is 34.5 Å². The third-order valence-corrected chi connectivity index (χ3v) is 4.88. The zero-order valence-electron chi connectivity index (χ0n) is 13.7. The van der Waals surface area contributed by atoms with E-state index in [2.05, 4.69) is 0 Å². The van der Waals surface area contributed by atoms with E-state index in [0.717, 1.165) is 0 Å². The second kappa shape index (κ2) is 8.65. The maximum Gasteiger partial charge on any atom is 0.415 e. The molecule has 0 spiro atoms. The number of carbonyl (C=O) groups excluding carboxylic acids is 1. The Balaban J connectivity index is 2.09. The molecule has 0 unspecified atom stereocenters. The average molecular weight is 413 g/mol. The molecule has 0 aromatic heterocycles. The summed E-state index contributed by atoms with van der Waals surface area (Å²) >= 11 is 5.68. The molecule has 2 aromatic carbocycles. The maximum absolute atomic E-state index is 12.8. The molecule has 0 saturated carbocycles. The first-order valence-electron chi connectivity index (χ1n) is 7.44. The third-order valence-electron chi connectivity index (χ3n) is 3.29. The Kier molecular flexibility index (Phi) is 6.54. The Bertz CT molecular complexity index is 960. The number of amides is 3. The molecule has 2 N–H and O–H groups in total. The van der Waals surface area contributed by atoms with Gasteiger partial charge in [0.1, 0.15) is 5.82 Å². The average Bonchev–Trinajstić information content (AvgIpc) is 2.59. The summed E-state index contributed by atoms with van der Waals surface area (Å²) in [6.45, 7) is -0.408. The number of imide groups is 1. The molecular weight excluding hydrogens is 399 g/mol. The Morgan fingerprint density at radius 1 is 1.11 bits per heavy atom. The van der Waals surface area contributed by atoms with Gasteiger partial charge < -0.3 is 5.11 Å². The number of carbonyl (C=O) groups is 2. The van der Waals surface area contributed by atoms with Crippen LogP contribution in [0, 0.1) is 5.82 Å². The molecule has 10 heteroatoms. The van der Waals surface area contributed by atoms with Crippen molar-refractivity contribution < 1.29 is 27.5 Å². The molecule has 7 nitrogen and oxygen atoms in total. The van der Waals surface area contributed by atoms with Crippen LogP contribution in [0.2, 0.25) is 5.02 Å². The van der Waals surface area contributed by atoms with E-state index in [1.165, 1.54) is 60.7 Å². The molecule has 0 aliphatic heterocycles. The Morgan fingerprint density at radius 3 is 2.26 bits per heavy atom. The van der Waals surface area contributed by atoms with Gasteiger partial charge in [0.25, 0.3) is 10.0 Å². The van der Waals surface area contributed by atoms with E-state index in [-0.39, 0.29) is 9.80 Å². The number of urea groups is 1. The molecule has 142 valence electrons. The van der Waals surface area contributed by atoms with Gasteiger partial charge in [0.15, 0.2) is 0 Å². The van der Waals surface area contributed by atoms with Crippen LogP contribution in [-0.4, -0.2) is 37.1 Å². The van der Waals surface area contributed by atoms with Crippen molar-refractivity contribution in [3.63, 3.8) is 0 Å². The van der Waals surface area contributed by atoms with Crippen LogP contribution in [0.25, 0.3) is 6.08 Å². The number of nitrogens with zero attached hydrogens (tertiary/aromatic N) is 1. The summed E-state index contributed by atoms with van der Waals surface area (Å²) < 4.78 is 38.8. The molecule has 27 heavy (non-hydrogen) atoms. The van der Waals surface area contributed by atoms with E-state index in [9.17, 15) is 22.4 Å². The molecule has 0 saturated heterocycles. The number of sulfonamides is 1. The summed E-state index contributed by atoms with van der Waals surface area (Å²) in [5, 5.41) is 9.45. The van der Waals surface area contributed by atoms with Gasteiger partial charge in [-0.25, -0.2) is 32.0 Å². The minimum absolute atomic E-state index is 0.243. The summed E-state index contributed by atoms with van der Waals surface area (Å²) in [5.74, 6) is -0.425. The number of nitrogens with one attached hydrogen (secondary N) is 1. The minimum Gasteiger partial charge on any atom is -0.465 e. The second-order valence-corrected chi connectivity index (χ2v) is 7.33. The van der Waals surface area contributed by atoms with E-state index in [4.69, 9.17) is 16.7 Å². The van der Waals surface area contributed by atoms with Crippen molar-refractivity contribution in [1.82, 2.24) is 9.62 Å². The third kappa shape index (κ3) is 5.80. The fourth-order valence-electron chi connectivity index (χ4n) is 1.96. The second-order valence-electron chi connectivity index (χ2n) is 5.21. The molecule has 2 rings (SSSR count). The molecule has 0 heterocycles. The fourth-order valence-corrected chi connectivity index (χ4v) is 3.04. The lowest BCUT2D eigenvalue weighted by atomic mass is 10.2. The summed E-state index contributed by atoms with van der Waals surface area (Å²) in [4.78, 5) is 23.4. The number of hydrogen-bond acceptors (Lipinski definition) is 4. The summed E-state index contributed by atoms with van der Waals surface area (Å²) in [6, 6.07) is 9.03. The highest BCUT2D eigenvalue weighted by Crippen LogP contribution is 2.14. The molecule has 3 amide bonds. The van der Waals surface area contributed by atoms with E-state index in [0.29, 0.717) is 10.6 Å². The van der Waals surface area contributed by atoms with Gasteiger partial charge in [-0.05, 0) is 42.0 Å². The van der Waals surface area contributed by atoms with Gasteiger partial charge in [0, 0.05) is 5.02 Å². The van der Waals surface area contributed by atoms with Gasteiger partial charge in [-0.1, -0.05) is 35.9 Å². The normalized spacial score (nSPS) is 11.3. The SMILES string of the molecule is O=C(O)N(CC=Cc1ccc(F)cc1)C(=O)NS(=O)(=O)c1ccc(Cl)cc1. The molecular formula is C17H14ClFN2O5S. The van der Waals surface area contributed by atoms with Crippen LogP contribution in [-0.2, 0) is 10.0 Å². The fraction of sp³-hybridized carbons (Fsp3) is 0.0588. The Morgan fingerprint density at radius 2 is 1.70 bits per heavy atom. The Hall–Kier alpha value is -2.91. The molecule has 0 radical (unpaired) electrons. The largest absolute Gasteiger partial charge is 0.465 e. The van der Waals surface area contributed by atoms with Crippen molar-refractivity contribution in [2.24, 2.45) is 0 Å². The van der Waals surface area contributed by atoms with Crippen LogP contribution < -0.4 is 4.72 Å². The van der Waals surface area contributed by atoms with Gasteiger partial charge in [-0.3, -0.25) is 0 Å². The quantitative estimate of drug-likeness (QED) is 0.781. The van der Waals surface area contributed by atoms with Crippen molar-refractivity contribution in [3.05, 3.63) is 71.0 Å². The number of carboxylic acid groups (broad SMARTS) is 1. The highest BCUT2D eigenvalue weighted by Gasteiger charge is 2.25. The van der Waals surface area contributed by atoms with Crippen LogP contribution in [0.15, 0.2) is 59.5 Å². The number of benzene rings is 2. The van der Waals surface area contributed by atoms with Crippen molar-refractivity contribution in [3.8, 4) is 0 Å². The predicted molar refractivity (Wildman–Crippen MR) is 97.3 cm³/mol. The first-order valence-corrected chi connectivity index (χ1v) is 9.30. The first-order chi connectivity index (χ1) is 12.7. The summed E-state index contributed by atoms with van der Waals surface area (Å²) in [5.41, 5.74) is 0.580. The van der Waals surface area contributed by atoms with Crippen molar-refractivity contribution in [2.45, 2.75) is 4.90 Å². The van der Waals surface area contributed by atoms with Crippen LogP contribution in [0.1, 0.15) is 5.56 Å². The van der Waals surface area contributed by atoms with Gasteiger partial charge in [0.05, 0.1) is 11.4 Å². The lowest BCUT2D eigenvalue weighted by Crippen LogP contribution is -2.45. The van der Waals surface area contributed by atoms with Gasteiger partial charge in [-0.15, -0.1) is 0 Å². The lowest BCUT2D eigenvalue weighted by molar-refractivity contribution is 0.154. The zero-order chi connectivity index (χ0) is 20.0. The monoisotopic (exact) mass is 412 g/mol. The molecule has 0 aliphatic carbocycles. The predicted octanol–water partition coefficient (Wildman–Crippen LogP) is 3.57. The van der Waals surface area contributed by atoms with E-state index >= 15 is 0 Å². The number of hydrogen-bond donors (Lipinski definition) is 2. The van der Waals surface area contributed by atoms with Crippen LogP contribution in [0.5, 0.6) is 0 Å². The van der Waals surface area contributed by atoms with Gasteiger partial charge in [-0.2, -0.15) is 0 Å². The zero-order valence-corrected chi connectivity index (χ0v) is 15.2. The first kappa shape index (κ1) is 20.4. The molecule has 0 fully saturated rings. The lowest BCUT2D eigenvalue weighted by Gasteiger charge is -2.16. The number of rotatable bonds is 5. The van der Waals surface area contributed by atoms with Gasteiger partial charge in [0.2, 0.25) is 0 Å². The van der Waals surface area contributed by atoms with Crippen LogP contribution in [0.3, 0.4) is 0 Å². The van der Waals surface area contributed by atoms with Crippen molar-refractivity contribution >= 4 is 39.8 Å². The maximum atomic E-state index is 12.8. The molecule has 0 aliphatic rings. The highest BCUT2D eigenvalue weighted by atomic mass is 35.5. The topological polar surface area (TPSA) is 104 Å². The molecule has 2 aromatic rings. The van der Waals surface area contributed by atoms with Crippen molar-refractivity contribution in [2.75, 3.05) is 6.54 Å². The Labute approximate surface area is 159 Å². The summed E-state index contributed by atoms with van der Waals surface area (Å²) in [6.07, 6.45) is 1.16. The van der Waals surface area contributed by atoms with Crippen LogP contribution >= 0.6 is 11.6 Å². The highest BCUT2D eigenvalue weighted by molar-refractivity contribution is 7.90. The van der Waals surface area contributed by atoms with E-state index in [1.54, 1.807) is 4.72 Å². The van der Waals surface area contributed by atoms with E-state index in [1.807, 2.05) is 0 Å². The number of halogens is 2. The van der Waals surface area contributed by atoms with Gasteiger partial charge >= 0.3 is 12.1 Å². The minimum atomic E-state index is -4.27. The molecule has 0 atom stereocenters. The molecule has 0 bridgehead atoms.